The maximum atomic E-state index is 10.5. The molecule has 0 aromatic rings. The van der Waals surface area contributed by atoms with Gasteiger partial charge in [-0.15, -0.1) is 0 Å². The monoisotopic (exact) mass is 132 g/mol. The largest absolute Gasteiger partial charge is 0.467 e. The molecule has 1 aliphatic rings. The van der Waals surface area contributed by atoms with Crippen LogP contribution in [-0.2, 0) is 14.3 Å². The van der Waals surface area contributed by atoms with Crippen molar-refractivity contribution >= 4 is 5.97 Å². The third kappa shape index (κ3) is 1.20. The predicted molar refractivity (Wildman–Crippen MR) is 27.8 cm³/mol. The smallest absolute Gasteiger partial charge is 0.337 e. The van der Waals surface area contributed by atoms with Crippen molar-refractivity contribution in [3.05, 3.63) is 0 Å². The summed E-state index contributed by atoms with van der Waals surface area (Å²) in [6.07, 6.45) is -0.836. The van der Waals surface area contributed by atoms with Gasteiger partial charge in [0.2, 0.25) is 0 Å². The van der Waals surface area contributed by atoms with Crippen LogP contribution in [0.25, 0.3) is 0 Å². The zero-order chi connectivity index (χ0) is 6.85. The quantitative estimate of drug-likeness (QED) is 0.383. The molecular formula is C5H8O4. The third-order valence-electron chi connectivity index (χ3n) is 1.20. The highest BCUT2D eigenvalue weighted by atomic mass is 16.6. The van der Waals surface area contributed by atoms with Crippen LogP contribution in [0.1, 0.15) is 0 Å². The van der Waals surface area contributed by atoms with E-state index in [9.17, 15) is 4.79 Å². The number of esters is 1. The van der Waals surface area contributed by atoms with E-state index in [1.54, 1.807) is 0 Å². The van der Waals surface area contributed by atoms with Gasteiger partial charge in [0.15, 0.2) is 6.10 Å². The fraction of sp³-hybridized carbons (Fsp3) is 0.800. The Bertz CT molecular complexity index is 122. The van der Waals surface area contributed by atoms with Gasteiger partial charge in [0, 0.05) is 0 Å². The molecule has 1 aliphatic heterocycles. The summed E-state index contributed by atoms with van der Waals surface area (Å²) in [7, 11) is 1.29. The highest BCUT2D eigenvalue weighted by Crippen LogP contribution is 2.21. The Morgan fingerprint density at radius 1 is 1.89 bits per heavy atom. The minimum Gasteiger partial charge on any atom is -0.467 e. The van der Waals surface area contributed by atoms with Crippen LogP contribution in [0.5, 0.6) is 0 Å². The Morgan fingerprint density at radius 3 is 2.89 bits per heavy atom. The van der Waals surface area contributed by atoms with E-state index >= 15 is 0 Å². The topological polar surface area (TPSA) is 59.1 Å². The number of ether oxygens (including phenoxy) is 2. The van der Waals surface area contributed by atoms with Gasteiger partial charge >= 0.3 is 5.97 Å². The molecule has 1 rings (SSSR count). The SMILES string of the molecule is COC(=O)[C@H]1O[C@@H]1CO. The molecule has 0 spiro atoms. The zero-order valence-electron chi connectivity index (χ0n) is 5.03. The molecule has 2 atom stereocenters. The van der Waals surface area contributed by atoms with Crippen molar-refractivity contribution in [1.82, 2.24) is 0 Å². The molecule has 52 valence electrons. The molecule has 1 saturated heterocycles. The Labute approximate surface area is 52.4 Å². The molecule has 4 nitrogen and oxygen atoms in total. The van der Waals surface area contributed by atoms with Crippen LogP contribution in [-0.4, -0.2) is 37.0 Å². The van der Waals surface area contributed by atoms with Crippen LogP contribution in [0.3, 0.4) is 0 Å². The van der Waals surface area contributed by atoms with E-state index in [-0.39, 0.29) is 12.7 Å². The van der Waals surface area contributed by atoms with E-state index in [0.29, 0.717) is 0 Å². The number of carbonyl (C=O) groups excluding carboxylic acids is 1. The first-order valence-electron chi connectivity index (χ1n) is 2.63. The lowest BCUT2D eigenvalue weighted by Crippen LogP contribution is -2.12. The second-order valence-electron chi connectivity index (χ2n) is 1.80. The fourth-order valence-electron chi connectivity index (χ4n) is 0.605. The van der Waals surface area contributed by atoms with Gasteiger partial charge in [0.1, 0.15) is 6.10 Å². The first-order valence-corrected chi connectivity index (χ1v) is 2.63. The van der Waals surface area contributed by atoms with Gasteiger partial charge in [-0.3, -0.25) is 0 Å². The highest BCUT2D eigenvalue weighted by molar-refractivity contribution is 5.77. The molecule has 0 radical (unpaired) electrons. The summed E-state index contributed by atoms with van der Waals surface area (Å²) >= 11 is 0. The fourth-order valence-corrected chi connectivity index (χ4v) is 0.605. The number of hydrogen-bond donors (Lipinski definition) is 1. The van der Waals surface area contributed by atoms with Crippen LogP contribution in [0.2, 0.25) is 0 Å². The molecule has 0 saturated carbocycles. The second kappa shape index (κ2) is 2.33. The minimum atomic E-state index is -0.514. The maximum Gasteiger partial charge on any atom is 0.337 e. The van der Waals surface area contributed by atoms with Crippen molar-refractivity contribution < 1.29 is 19.4 Å². The van der Waals surface area contributed by atoms with Crippen molar-refractivity contribution in [2.75, 3.05) is 13.7 Å². The van der Waals surface area contributed by atoms with Crippen molar-refractivity contribution in [2.24, 2.45) is 0 Å². The van der Waals surface area contributed by atoms with Crippen molar-refractivity contribution in [2.45, 2.75) is 12.2 Å². The van der Waals surface area contributed by atoms with Crippen LogP contribution in [0.15, 0.2) is 0 Å². The Morgan fingerprint density at radius 2 is 2.56 bits per heavy atom. The number of methoxy groups -OCH3 is 1. The second-order valence-corrected chi connectivity index (χ2v) is 1.80. The number of rotatable bonds is 2. The van der Waals surface area contributed by atoms with E-state index in [1.807, 2.05) is 0 Å². The Kier molecular flexibility index (Phi) is 1.68. The van der Waals surface area contributed by atoms with Gasteiger partial charge < -0.3 is 14.6 Å². The first-order chi connectivity index (χ1) is 4.29. The lowest BCUT2D eigenvalue weighted by molar-refractivity contribution is -0.142. The molecular weight excluding hydrogens is 124 g/mol. The maximum absolute atomic E-state index is 10.5. The summed E-state index contributed by atoms with van der Waals surface area (Å²) in [6, 6.07) is 0. The van der Waals surface area contributed by atoms with E-state index < -0.39 is 12.1 Å². The van der Waals surface area contributed by atoms with E-state index in [1.165, 1.54) is 7.11 Å². The van der Waals surface area contributed by atoms with E-state index in [2.05, 4.69) is 4.74 Å². The molecule has 1 N–H and O–H groups in total. The number of epoxide rings is 1. The van der Waals surface area contributed by atoms with Gasteiger partial charge in [0.25, 0.3) is 0 Å². The van der Waals surface area contributed by atoms with Gasteiger partial charge in [-0.2, -0.15) is 0 Å². The summed E-state index contributed by atoms with van der Waals surface area (Å²) in [5.41, 5.74) is 0. The van der Waals surface area contributed by atoms with E-state index in [0.717, 1.165) is 0 Å². The predicted octanol–water partition coefficient (Wildman–Crippen LogP) is -1.08. The van der Waals surface area contributed by atoms with E-state index in [4.69, 9.17) is 9.84 Å². The summed E-state index contributed by atoms with van der Waals surface area (Å²) in [4.78, 5) is 10.5. The van der Waals surface area contributed by atoms with Crippen molar-refractivity contribution in [1.29, 1.82) is 0 Å². The third-order valence-corrected chi connectivity index (χ3v) is 1.20. The zero-order valence-corrected chi connectivity index (χ0v) is 5.03. The number of carbonyl (C=O) groups is 1. The molecule has 9 heavy (non-hydrogen) atoms. The summed E-state index contributed by atoms with van der Waals surface area (Å²) in [5.74, 6) is -0.408. The lowest BCUT2D eigenvalue weighted by Gasteiger charge is -1.89. The summed E-state index contributed by atoms with van der Waals surface area (Å²) in [5, 5.41) is 8.39. The highest BCUT2D eigenvalue weighted by Gasteiger charge is 2.45. The molecule has 0 unspecified atom stereocenters. The minimum absolute atomic E-state index is 0.111. The van der Waals surface area contributed by atoms with Crippen LogP contribution < -0.4 is 0 Å². The van der Waals surface area contributed by atoms with Gasteiger partial charge in [-0.1, -0.05) is 0 Å². The molecule has 0 amide bonds. The van der Waals surface area contributed by atoms with Gasteiger partial charge in [-0.25, -0.2) is 4.79 Å². The molecule has 1 heterocycles. The average Bonchev–Trinajstić information content (AvgIpc) is 2.64. The Hall–Kier alpha value is -0.610. The molecule has 0 aliphatic carbocycles. The van der Waals surface area contributed by atoms with Gasteiger partial charge in [-0.05, 0) is 0 Å². The lowest BCUT2D eigenvalue weighted by atomic mass is 10.3. The number of hydrogen-bond acceptors (Lipinski definition) is 4. The molecule has 0 bridgehead atoms. The molecule has 0 aromatic heterocycles. The first kappa shape index (κ1) is 6.51. The standard InChI is InChI=1S/C5H8O4/c1-8-5(7)4-3(2-6)9-4/h3-4,6H,2H2,1H3/t3-,4+/m1/s1. The number of aliphatic hydroxyl groups is 1. The van der Waals surface area contributed by atoms with Crippen LogP contribution >= 0.6 is 0 Å². The summed E-state index contributed by atoms with van der Waals surface area (Å²) < 4.78 is 9.03. The molecule has 4 heteroatoms. The summed E-state index contributed by atoms with van der Waals surface area (Å²) in [6.45, 7) is -0.111. The normalized spacial score (nSPS) is 31.8. The van der Waals surface area contributed by atoms with Crippen molar-refractivity contribution in [3.63, 3.8) is 0 Å². The number of aliphatic hydroxyl groups excluding tert-OH is 1. The average molecular weight is 132 g/mol. The van der Waals surface area contributed by atoms with Gasteiger partial charge in [0.05, 0.1) is 13.7 Å². The molecule has 1 fully saturated rings. The van der Waals surface area contributed by atoms with Crippen LogP contribution in [0.4, 0.5) is 0 Å². The molecule has 0 aromatic carbocycles. The van der Waals surface area contributed by atoms with Crippen molar-refractivity contribution in [3.8, 4) is 0 Å². The Balaban J connectivity index is 2.25. The van der Waals surface area contributed by atoms with Crippen LogP contribution in [0, 0.1) is 0 Å².